The van der Waals surface area contributed by atoms with Gasteiger partial charge in [-0.05, 0) is 38.0 Å². The van der Waals surface area contributed by atoms with E-state index in [-0.39, 0.29) is 25.2 Å². The SMILES string of the molecule is COCCOC(=O)[C@H](C)Nc1cccc(C)c1C.NCC(=O)O. The fourth-order valence-electron chi connectivity index (χ4n) is 1.55. The standard InChI is InChI=1S/C14H21NO3.C2H5NO2/c1-10-6-5-7-13(11(10)2)15-12(3)14(16)18-9-8-17-4;3-1-2(4)5/h5-7,12,15H,8-9H2,1-4H3;1,3H2,(H,4,5)/t12-;/m0./s1. The van der Waals surface area contributed by atoms with Gasteiger partial charge in [-0.25, -0.2) is 4.79 Å². The fourth-order valence-corrected chi connectivity index (χ4v) is 1.55. The molecule has 130 valence electrons. The van der Waals surface area contributed by atoms with Crippen LogP contribution in [-0.2, 0) is 19.1 Å². The average molecular weight is 326 g/mol. The smallest absolute Gasteiger partial charge is 0.328 e. The highest BCUT2D eigenvalue weighted by atomic mass is 16.6. The van der Waals surface area contributed by atoms with Gasteiger partial charge in [-0.15, -0.1) is 0 Å². The Morgan fingerprint density at radius 1 is 1.30 bits per heavy atom. The van der Waals surface area contributed by atoms with E-state index >= 15 is 0 Å². The number of carbonyl (C=O) groups is 2. The first-order valence-corrected chi connectivity index (χ1v) is 7.23. The lowest BCUT2D eigenvalue weighted by molar-refractivity contribution is -0.145. The van der Waals surface area contributed by atoms with Crippen LogP contribution in [0.25, 0.3) is 0 Å². The third-order valence-electron chi connectivity index (χ3n) is 3.04. The van der Waals surface area contributed by atoms with Crippen LogP contribution in [-0.4, -0.2) is 50.0 Å². The van der Waals surface area contributed by atoms with Gasteiger partial charge in [0.2, 0.25) is 0 Å². The van der Waals surface area contributed by atoms with E-state index in [2.05, 4.69) is 11.1 Å². The maximum atomic E-state index is 11.7. The topological polar surface area (TPSA) is 111 Å². The van der Waals surface area contributed by atoms with Crippen LogP contribution in [0.5, 0.6) is 0 Å². The molecule has 0 aromatic heterocycles. The Kier molecular flexibility index (Phi) is 10.4. The summed E-state index contributed by atoms with van der Waals surface area (Å²) in [5, 5.41) is 10.8. The summed E-state index contributed by atoms with van der Waals surface area (Å²) in [6, 6.07) is 5.60. The molecular formula is C16H26N2O5. The van der Waals surface area contributed by atoms with Crippen molar-refractivity contribution in [1.29, 1.82) is 0 Å². The zero-order valence-electron chi connectivity index (χ0n) is 14.1. The van der Waals surface area contributed by atoms with Crippen LogP contribution < -0.4 is 11.1 Å². The predicted octanol–water partition coefficient (Wildman–Crippen LogP) is 1.32. The van der Waals surface area contributed by atoms with E-state index in [4.69, 9.17) is 14.6 Å². The van der Waals surface area contributed by atoms with E-state index in [0.717, 1.165) is 11.3 Å². The van der Waals surface area contributed by atoms with E-state index in [9.17, 15) is 9.59 Å². The Labute approximate surface area is 136 Å². The molecule has 23 heavy (non-hydrogen) atoms. The number of benzene rings is 1. The highest BCUT2D eigenvalue weighted by molar-refractivity contribution is 5.79. The minimum absolute atomic E-state index is 0.270. The first-order chi connectivity index (χ1) is 10.8. The number of carboxylic acids is 1. The summed E-state index contributed by atoms with van der Waals surface area (Å²) in [5.41, 5.74) is 7.88. The van der Waals surface area contributed by atoms with Gasteiger partial charge < -0.3 is 25.6 Å². The Balaban J connectivity index is 0.000000841. The van der Waals surface area contributed by atoms with Crippen LogP contribution in [0.2, 0.25) is 0 Å². The number of rotatable bonds is 7. The summed E-state index contributed by atoms with van der Waals surface area (Å²) in [6.07, 6.45) is 0. The summed E-state index contributed by atoms with van der Waals surface area (Å²) in [6.45, 7) is 6.29. The molecule has 0 radical (unpaired) electrons. The number of carbonyl (C=O) groups excluding carboxylic acids is 1. The molecular weight excluding hydrogens is 300 g/mol. The number of ether oxygens (including phenoxy) is 2. The summed E-state index contributed by atoms with van der Waals surface area (Å²) >= 11 is 0. The Morgan fingerprint density at radius 3 is 2.43 bits per heavy atom. The lowest BCUT2D eigenvalue weighted by Gasteiger charge is -2.17. The van der Waals surface area contributed by atoms with Crippen LogP contribution in [0.1, 0.15) is 18.1 Å². The number of hydrogen-bond donors (Lipinski definition) is 3. The summed E-state index contributed by atoms with van der Waals surface area (Å²) in [7, 11) is 1.58. The van der Waals surface area contributed by atoms with Gasteiger partial charge in [0.1, 0.15) is 12.6 Å². The molecule has 0 amide bonds. The fraction of sp³-hybridized carbons (Fsp3) is 0.500. The normalized spacial score (nSPS) is 11.0. The first kappa shape index (κ1) is 20.9. The molecule has 0 aliphatic heterocycles. The highest BCUT2D eigenvalue weighted by Gasteiger charge is 2.15. The molecule has 4 N–H and O–H groups in total. The second-order valence-electron chi connectivity index (χ2n) is 4.87. The van der Waals surface area contributed by atoms with Gasteiger partial charge in [0, 0.05) is 12.8 Å². The van der Waals surface area contributed by atoms with Crippen molar-refractivity contribution in [3.05, 3.63) is 29.3 Å². The molecule has 0 aliphatic carbocycles. The minimum Gasteiger partial charge on any atom is -0.480 e. The molecule has 1 atom stereocenters. The molecule has 7 heteroatoms. The van der Waals surface area contributed by atoms with Gasteiger partial charge in [0.25, 0.3) is 0 Å². The third kappa shape index (κ3) is 8.80. The van der Waals surface area contributed by atoms with Crippen LogP contribution >= 0.6 is 0 Å². The van der Waals surface area contributed by atoms with Crippen molar-refractivity contribution in [3.8, 4) is 0 Å². The molecule has 0 spiro atoms. The highest BCUT2D eigenvalue weighted by Crippen LogP contribution is 2.18. The van der Waals surface area contributed by atoms with E-state index in [0.29, 0.717) is 6.61 Å². The summed E-state index contributed by atoms with van der Waals surface area (Å²) in [5.74, 6) is -1.24. The molecule has 0 aliphatic rings. The number of hydrogen-bond acceptors (Lipinski definition) is 6. The van der Waals surface area contributed by atoms with Crippen molar-refractivity contribution in [1.82, 2.24) is 0 Å². The lowest BCUT2D eigenvalue weighted by atomic mass is 10.1. The number of anilines is 1. The quantitative estimate of drug-likeness (QED) is 0.512. The monoisotopic (exact) mass is 326 g/mol. The lowest BCUT2D eigenvalue weighted by Crippen LogP contribution is -2.29. The Hall–Kier alpha value is -2.12. The Morgan fingerprint density at radius 2 is 1.91 bits per heavy atom. The van der Waals surface area contributed by atoms with E-state index in [1.807, 2.05) is 32.0 Å². The predicted molar refractivity (Wildman–Crippen MR) is 88.5 cm³/mol. The number of aryl methyl sites for hydroxylation is 1. The van der Waals surface area contributed by atoms with Crippen molar-refractivity contribution in [3.63, 3.8) is 0 Å². The molecule has 1 aromatic carbocycles. The second-order valence-corrected chi connectivity index (χ2v) is 4.87. The number of esters is 1. The number of methoxy groups -OCH3 is 1. The van der Waals surface area contributed by atoms with Gasteiger partial charge in [-0.1, -0.05) is 12.1 Å². The minimum atomic E-state index is -0.968. The third-order valence-corrected chi connectivity index (χ3v) is 3.04. The van der Waals surface area contributed by atoms with Gasteiger partial charge in [-0.2, -0.15) is 0 Å². The molecule has 7 nitrogen and oxygen atoms in total. The Bertz CT molecular complexity index is 505. The molecule has 0 fully saturated rings. The molecule has 0 unspecified atom stereocenters. The van der Waals surface area contributed by atoms with E-state index < -0.39 is 5.97 Å². The van der Waals surface area contributed by atoms with Gasteiger partial charge in [0.05, 0.1) is 13.2 Å². The number of nitrogens with two attached hydrogens (primary N) is 1. The maximum absolute atomic E-state index is 11.7. The molecule has 0 bridgehead atoms. The van der Waals surface area contributed by atoms with Crippen molar-refractivity contribution in [2.75, 3.05) is 32.2 Å². The van der Waals surface area contributed by atoms with Crippen LogP contribution in [0.15, 0.2) is 18.2 Å². The summed E-state index contributed by atoms with van der Waals surface area (Å²) < 4.78 is 9.89. The zero-order valence-corrected chi connectivity index (χ0v) is 14.1. The molecule has 0 heterocycles. The molecule has 1 rings (SSSR count). The zero-order chi connectivity index (χ0) is 17.8. The largest absolute Gasteiger partial charge is 0.480 e. The number of aliphatic carboxylic acids is 1. The van der Waals surface area contributed by atoms with E-state index in [1.165, 1.54) is 5.56 Å². The number of carboxylic acid groups (broad SMARTS) is 1. The molecule has 1 aromatic rings. The van der Waals surface area contributed by atoms with Gasteiger partial charge in [-0.3, -0.25) is 4.79 Å². The van der Waals surface area contributed by atoms with Crippen LogP contribution in [0.3, 0.4) is 0 Å². The molecule has 0 saturated heterocycles. The first-order valence-electron chi connectivity index (χ1n) is 7.23. The van der Waals surface area contributed by atoms with Crippen molar-refractivity contribution < 1.29 is 24.2 Å². The van der Waals surface area contributed by atoms with Crippen LogP contribution in [0, 0.1) is 13.8 Å². The van der Waals surface area contributed by atoms with E-state index in [1.54, 1.807) is 14.0 Å². The van der Waals surface area contributed by atoms with Crippen molar-refractivity contribution in [2.24, 2.45) is 5.73 Å². The van der Waals surface area contributed by atoms with Crippen molar-refractivity contribution in [2.45, 2.75) is 26.8 Å². The van der Waals surface area contributed by atoms with Gasteiger partial charge in [0.15, 0.2) is 0 Å². The summed E-state index contributed by atoms with van der Waals surface area (Å²) in [4.78, 5) is 20.9. The number of nitrogens with one attached hydrogen (secondary N) is 1. The average Bonchev–Trinajstić information content (AvgIpc) is 2.52. The maximum Gasteiger partial charge on any atom is 0.328 e. The van der Waals surface area contributed by atoms with Gasteiger partial charge >= 0.3 is 11.9 Å². The second kappa shape index (κ2) is 11.4. The van der Waals surface area contributed by atoms with Crippen LogP contribution in [0.4, 0.5) is 5.69 Å². The van der Waals surface area contributed by atoms with Crippen molar-refractivity contribution >= 4 is 17.6 Å². The molecule has 0 saturated carbocycles.